The number of amides is 1. The van der Waals surface area contributed by atoms with Crippen molar-refractivity contribution in [2.75, 3.05) is 38.2 Å². The summed E-state index contributed by atoms with van der Waals surface area (Å²) >= 11 is 0. The zero-order valence-electron chi connectivity index (χ0n) is 14.4. The third-order valence-corrected chi connectivity index (χ3v) is 5.38. The van der Waals surface area contributed by atoms with Crippen LogP contribution in [0.2, 0.25) is 0 Å². The van der Waals surface area contributed by atoms with E-state index in [1.165, 1.54) is 0 Å². The Balaban J connectivity index is 1.47. The van der Waals surface area contributed by atoms with Crippen molar-refractivity contribution in [1.82, 2.24) is 15.1 Å². The van der Waals surface area contributed by atoms with E-state index >= 15 is 0 Å². The molecule has 4 rings (SSSR count). The minimum Gasteiger partial charge on any atom is -0.368 e. The van der Waals surface area contributed by atoms with Crippen LogP contribution < -0.4 is 10.6 Å². The topological polar surface area (TPSA) is 84.6 Å². The molecule has 2 aromatic rings. The molecule has 1 aromatic carbocycles. The maximum atomic E-state index is 12.8. The van der Waals surface area contributed by atoms with Crippen molar-refractivity contribution in [3.63, 3.8) is 0 Å². The van der Waals surface area contributed by atoms with Gasteiger partial charge in [-0.15, -0.1) is 5.10 Å². The fourth-order valence-corrected chi connectivity index (χ4v) is 3.87. The first-order valence-corrected chi connectivity index (χ1v) is 8.68. The molecule has 1 amide bonds. The summed E-state index contributed by atoms with van der Waals surface area (Å²) in [7, 11) is 1.60. The van der Waals surface area contributed by atoms with Gasteiger partial charge in [0.15, 0.2) is 5.82 Å². The first-order chi connectivity index (χ1) is 12.1. The van der Waals surface area contributed by atoms with Crippen LogP contribution in [0.1, 0.15) is 12.8 Å². The van der Waals surface area contributed by atoms with E-state index in [2.05, 4.69) is 21.2 Å². The number of carbonyl (C=O) groups is 1. The van der Waals surface area contributed by atoms with Gasteiger partial charge in [-0.05, 0) is 0 Å². The van der Waals surface area contributed by atoms with Gasteiger partial charge in [0.2, 0.25) is 0 Å². The van der Waals surface area contributed by atoms with E-state index in [4.69, 9.17) is 10.5 Å². The summed E-state index contributed by atoms with van der Waals surface area (Å²) < 4.78 is 5.52. The van der Waals surface area contributed by atoms with Gasteiger partial charge in [0.25, 0.3) is 5.91 Å². The molecule has 0 bridgehead atoms. The molecule has 25 heavy (non-hydrogen) atoms. The summed E-state index contributed by atoms with van der Waals surface area (Å²) in [6.07, 6.45) is 3.00. The number of rotatable bonds is 3. The third kappa shape index (κ3) is 2.73. The van der Waals surface area contributed by atoms with Crippen molar-refractivity contribution in [3.05, 3.63) is 30.5 Å². The maximum Gasteiger partial charge on any atom is 0.255 e. The van der Waals surface area contributed by atoms with Crippen molar-refractivity contribution in [3.8, 4) is 0 Å². The lowest BCUT2D eigenvalue weighted by atomic mass is 9.75. The smallest absolute Gasteiger partial charge is 0.255 e. The van der Waals surface area contributed by atoms with Crippen LogP contribution >= 0.6 is 0 Å². The number of piperazine rings is 1. The first-order valence-electron chi connectivity index (χ1n) is 8.68. The molecule has 132 valence electrons. The van der Waals surface area contributed by atoms with Gasteiger partial charge in [-0.25, -0.2) is 0 Å². The molecule has 2 fully saturated rings. The molecule has 2 N–H and O–H groups in total. The zero-order chi connectivity index (χ0) is 17.4. The van der Waals surface area contributed by atoms with Crippen LogP contribution in [0.5, 0.6) is 0 Å². The predicted molar refractivity (Wildman–Crippen MR) is 95.3 cm³/mol. The fraction of sp³-hybridized carbons (Fsp3) is 0.500. The van der Waals surface area contributed by atoms with Crippen LogP contribution in [0, 0.1) is 0 Å². The lowest BCUT2D eigenvalue weighted by molar-refractivity contribution is -0.168. The summed E-state index contributed by atoms with van der Waals surface area (Å²) in [6.45, 7) is 2.79. The van der Waals surface area contributed by atoms with Crippen LogP contribution in [-0.2, 0) is 9.53 Å². The lowest BCUT2D eigenvalue weighted by Crippen LogP contribution is -2.64. The Morgan fingerprint density at radius 3 is 2.64 bits per heavy atom. The number of ether oxygens (including phenoxy) is 1. The van der Waals surface area contributed by atoms with E-state index in [1.54, 1.807) is 13.3 Å². The van der Waals surface area contributed by atoms with Crippen LogP contribution in [0.15, 0.2) is 30.5 Å². The Morgan fingerprint density at radius 2 is 1.96 bits per heavy atom. The standard InChI is InChI=1S/C18H23N5O2/c1-25-18(10-14(19)11-18)17(24)23-8-6-22(7-9-23)16-15-5-3-2-4-13(15)12-20-21-16/h2-5,12,14H,6-11,19H2,1H3. The highest BCUT2D eigenvalue weighted by Crippen LogP contribution is 2.36. The van der Waals surface area contributed by atoms with Gasteiger partial charge in [0.05, 0.1) is 6.20 Å². The largest absolute Gasteiger partial charge is 0.368 e. The minimum atomic E-state index is -0.708. The van der Waals surface area contributed by atoms with Gasteiger partial charge in [-0.2, -0.15) is 5.10 Å². The number of hydrogen-bond donors (Lipinski definition) is 1. The van der Waals surface area contributed by atoms with E-state index in [9.17, 15) is 4.79 Å². The second kappa shape index (κ2) is 6.24. The van der Waals surface area contributed by atoms with Crippen LogP contribution in [-0.4, -0.2) is 65.9 Å². The first kappa shape index (κ1) is 16.2. The SMILES string of the molecule is COC1(C(=O)N2CCN(c3nncc4ccccc34)CC2)CC(N)C1. The molecule has 1 aromatic heterocycles. The molecule has 0 atom stereocenters. The van der Waals surface area contributed by atoms with Gasteiger partial charge in [0, 0.05) is 62.9 Å². The zero-order valence-corrected chi connectivity index (χ0v) is 14.4. The molecule has 7 nitrogen and oxygen atoms in total. The highest BCUT2D eigenvalue weighted by atomic mass is 16.5. The molecule has 1 saturated carbocycles. The Kier molecular flexibility index (Phi) is 4.05. The highest BCUT2D eigenvalue weighted by molar-refractivity contribution is 5.91. The average Bonchev–Trinajstić information content (AvgIpc) is 2.64. The number of fused-ring (bicyclic) bond motifs is 1. The van der Waals surface area contributed by atoms with Gasteiger partial charge in [-0.3, -0.25) is 4.79 Å². The summed E-state index contributed by atoms with van der Waals surface area (Å²) in [4.78, 5) is 16.9. The summed E-state index contributed by atoms with van der Waals surface area (Å²) in [5, 5.41) is 10.6. The molecule has 0 spiro atoms. The van der Waals surface area contributed by atoms with Crippen LogP contribution in [0.4, 0.5) is 5.82 Å². The fourth-order valence-electron chi connectivity index (χ4n) is 3.87. The lowest BCUT2D eigenvalue weighted by Gasteiger charge is -2.47. The normalized spacial score (nSPS) is 26.6. The summed E-state index contributed by atoms with van der Waals surface area (Å²) in [6, 6.07) is 8.17. The summed E-state index contributed by atoms with van der Waals surface area (Å²) in [5.74, 6) is 0.956. The molecular formula is C18H23N5O2. The Morgan fingerprint density at radius 1 is 1.24 bits per heavy atom. The Bertz CT molecular complexity index is 777. The van der Waals surface area contributed by atoms with Gasteiger partial charge >= 0.3 is 0 Å². The second-order valence-electron chi connectivity index (χ2n) is 6.90. The van der Waals surface area contributed by atoms with Crippen molar-refractivity contribution < 1.29 is 9.53 Å². The van der Waals surface area contributed by atoms with E-state index < -0.39 is 5.60 Å². The second-order valence-corrected chi connectivity index (χ2v) is 6.90. The Labute approximate surface area is 146 Å². The Hall–Kier alpha value is -2.25. The number of hydrogen-bond acceptors (Lipinski definition) is 6. The van der Waals surface area contributed by atoms with Crippen molar-refractivity contribution in [2.24, 2.45) is 5.73 Å². The van der Waals surface area contributed by atoms with Gasteiger partial charge in [-0.1, -0.05) is 24.3 Å². The monoisotopic (exact) mass is 341 g/mol. The van der Waals surface area contributed by atoms with Crippen LogP contribution in [0.25, 0.3) is 10.8 Å². The van der Waals surface area contributed by atoms with E-state index in [0.717, 1.165) is 29.7 Å². The minimum absolute atomic E-state index is 0.0659. The number of nitrogens with zero attached hydrogens (tertiary/aromatic N) is 4. The third-order valence-electron chi connectivity index (χ3n) is 5.38. The molecule has 2 heterocycles. The van der Waals surface area contributed by atoms with Crippen LogP contribution in [0.3, 0.4) is 0 Å². The van der Waals surface area contributed by atoms with Gasteiger partial charge < -0.3 is 20.3 Å². The number of anilines is 1. The average molecular weight is 341 g/mol. The number of nitrogens with two attached hydrogens (primary N) is 1. The van der Waals surface area contributed by atoms with E-state index in [1.807, 2.05) is 23.1 Å². The van der Waals surface area contributed by atoms with E-state index in [0.29, 0.717) is 25.9 Å². The molecule has 0 radical (unpaired) electrons. The van der Waals surface area contributed by atoms with Crippen molar-refractivity contribution in [2.45, 2.75) is 24.5 Å². The molecule has 0 unspecified atom stereocenters. The molecule has 1 aliphatic heterocycles. The highest BCUT2D eigenvalue weighted by Gasteiger charge is 2.51. The van der Waals surface area contributed by atoms with E-state index in [-0.39, 0.29) is 11.9 Å². The number of methoxy groups -OCH3 is 1. The maximum absolute atomic E-state index is 12.8. The predicted octanol–water partition coefficient (Wildman–Crippen LogP) is 0.785. The molecular weight excluding hydrogens is 318 g/mol. The number of carbonyl (C=O) groups excluding carboxylic acids is 1. The molecule has 1 aliphatic carbocycles. The van der Waals surface area contributed by atoms with Crippen molar-refractivity contribution >= 4 is 22.5 Å². The quantitative estimate of drug-likeness (QED) is 0.888. The molecule has 2 aliphatic rings. The van der Waals surface area contributed by atoms with Gasteiger partial charge in [0.1, 0.15) is 5.60 Å². The number of aromatic nitrogens is 2. The van der Waals surface area contributed by atoms with Crippen molar-refractivity contribution in [1.29, 1.82) is 0 Å². The molecule has 7 heteroatoms. The number of benzene rings is 1. The summed E-state index contributed by atoms with van der Waals surface area (Å²) in [5.41, 5.74) is 5.17. The molecule has 1 saturated heterocycles.